The number of aryl methyl sites for hydroxylation is 2. The first kappa shape index (κ1) is 13.8. The number of H-pyrrole nitrogens is 1. The second-order valence-corrected chi connectivity index (χ2v) is 5.76. The fourth-order valence-electron chi connectivity index (χ4n) is 3.16. The van der Waals surface area contributed by atoms with E-state index in [4.69, 9.17) is 0 Å². The van der Waals surface area contributed by atoms with Crippen molar-refractivity contribution in [3.63, 3.8) is 0 Å². The number of aromatic amines is 1. The van der Waals surface area contributed by atoms with Gasteiger partial charge in [0.05, 0.1) is 18.0 Å². The minimum atomic E-state index is 0.181. The molecule has 0 aliphatic carbocycles. The van der Waals surface area contributed by atoms with Crippen LogP contribution in [0.1, 0.15) is 22.9 Å². The highest BCUT2D eigenvalue weighted by Gasteiger charge is 2.21. The first-order valence-corrected chi connectivity index (χ1v) is 7.60. The fraction of sp³-hybridized carbons (Fsp3) is 0.235. The second kappa shape index (κ2) is 5.39. The first-order chi connectivity index (χ1) is 11.2. The molecule has 0 fully saturated rings. The molecule has 0 aliphatic rings. The zero-order valence-corrected chi connectivity index (χ0v) is 13.1. The molecule has 1 atom stereocenters. The summed E-state index contributed by atoms with van der Waals surface area (Å²) in [6, 6.07) is 8.42. The van der Waals surface area contributed by atoms with E-state index in [9.17, 15) is 0 Å². The van der Waals surface area contributed by atoms with Crippen molar-refractivity contribution in [1.82, 2.24) is 29.5 Å². The highest BCUT2D eigenvalue weighted by atomic mass is 15.3. The van der Waals surface area contributed by atoms with Crippen molar-refractivity contribution in [1.29, 1.82) is 0 Å². The molecule has 0 radical (unpaired) electrons. The molecule has 0 bridgehead atoms. The quantitative estimate of drug-likeness (QED) is 0.629. The van der Waals surface area contributed by atoms with E-state index in [0.29, 0.717) is 0 Å². The van der Waals surface area contributed by atoms with Crippen LogP contribution in [0.3, 0.4) is 0 Å². The average molecular weight is 306 g/mol. The van der Waals surface area contributed by atoms with Crippen LogP contribution < -0.4 is 0 Å². The van der Waals surface area contributed by atoms with Crippen LogP contribution in [0.4, 0.5) is 0 Å². The molecule has 0 saturated heterocycles. The number of nitrogens with zero attached hydrogens (tertiary/aromatic N) is 5. The van der Waals surface area contributed by atoms with Gasteiger partial charge in [-0.25, -0.2) is 4.98 Å². The van der Waals surface area contributed by atoms with Gasteiger partial charge in [-0.2, -0.15) is 10.2 Å². The van der Waals surface area contributed by atoms with Crippen LogP contribution in [0, 0.1) is 0 Å². The molecular weight excluding hydrogens is 288 g/mol. The Morgan fingerprint density at radius 1 is 1.09 bits per heavy atom. The van der Waals surface area contributed by atoms with Crippen LogP contribution in [-0.4, -0.2) is 29.5 Å². The van der Waals surface area contributed by atoms with Gasteiger partial charge in [0.1, 0.15) is 0 Å². The van der Waals surface area contributed by atoms with Crippen molar-refractivity contribution >= 4 is 10.9 Å². The molecule has 0 aliphatic heterocycles. The van der Waals surface area contributed by atoms with E-state index in [0.717, 1.165) is 17.6 Å². The van der Waals surface area contributed by atoms with E-state index in [2.05, 4.69) is 44.4 Å². The van der Waals surface area contributed by atoms with Gasteiger partial charge < -0.3 is 4.98 Å². The lowest BCUT2D eigenvalue weighted by Gasteiger charge is -2.17. The van der Waals surface area contributed by atoms with Crippen LogP contribution >= 0.6 is 0 Å². The van der Waals surface area contributed by atoms with Crippen molar-refractivity contribution in [3.05, 3.63) is 66.1 Å². The molecule has 1 unspecified atom stereocenters. The van der Waals surface area contributed by atoms with Crippen molar-refractivity contribution in [2.24, 2.45) is 14.1 Å². The second-order valence-electron chi connectivity index (χ2n) is 5.76. The van der Waals surface area contributed by atoms with Gasteiger partial charge in [0.25, 0.3) is 0 Å². The summed E-state index contributed by atoms with van der Waals surface area (Å²) in [6.07, 6.45) is 8.26. The Balaban J connectivity index is 1.86. The van der Waals surface area contributed by atoms with Crippen molar-refractivity contribution < 1.29 is 0 Å². The van der Waals surface area contributed by atoms with Gasteiger partial charge in [-0.05, 0) is 17.7 Å². The molecule has 4 aromatic rings. The molecule has 4 rings (SSSR count). The van der Waals surface area contributed by atoms with E-state index in [1.807, 2.05) is 42.0 Å². The summed E-state index contributed by atoms with van der Waals surface area (Å²) in [5.41, 5.74) is 4.67. The Bertz CT molecular complexity index is 931. The van der Waals surface area contributed by atoms with Crippen LogP contribution in [0.2, 0.25) is 0 Å². The van der Waals surface area contributed by atoms with Gasteiger partial charge in [-0.15, -0.1) is 0 Å². The highest BCUT2D eigenvalue weighted by molar-refractivity contribution is 5.83. The molecule has 6 heteroatoms. The Labute approximate surface area is 133 Å². The smallest absolute Gasteiger partial charge is 0.0921 e. The maximum atomic E-state index is 4.41. The summed E-state index contributed by atoms with van der Waals surface area (Å²) in [5, 5.41) is 9.87. The summed E-state index contributed by atoms with van der Waals surface area (Å²) in [5.74, 6) is 0.181. The highest BCUT2D eigenvalue weighted by Crippen LogP contribution is 2.32. The third-order valence-corrected chi connectivity index (χ3v) is 4.43. The van der Waals surface area contributed by atoms with E-state index >= 15 is 0 Å². The molecule has 23 heavy (non-hydrogen) atoms. The summed E-state index contributed by atoms with van der Waals surface area (Å²) < 4.78 is 3.83. The first-order valence-electron chi connectivity index (χ1n) is 7.60. The van der Waals surface area contributed by atoms with E-state index < -0.39 is 0 Å². The number of imidazole rings is 1. The summed E-state index contributed by atoms with van der Waals surface area (Å²) in [7, 11) is 3.95. The number of benzene rings is 1. The van der Waals surface area contributed by atoms with Crippen molar-refractivity contribution in [2.45, 2.75) is 12.3 Å². The molecule has 1 N–H and O–H groups in total. The SMILES string of the molecule is Cn1nccc1CC(c1cnc[nH]1)c1cccc2c1cnn2C. The monoisotopic (exact) mass is 306 g/mol. The van der Waals surface area contributed by atoms with E-state index in [1.165, 1.54) is 16.6 Å². The Morgan fingerprint density at radius 3 is 2.74 bits per heavy atom. The summed E-state index contributed by atoms with van der Waals surface area (Å²) in [6.45, 7) is 0. The number of aromatic nitrogens is 6. The standard InChI is InChI=1S/C17H18N6/c1-22-12(6-7-20-22)8-14(16-10-18-11-19-16)13-4-3-5-17-15(13)9-21-23(17)2/h3-7,9-11,14H,8H2,1-2H3,(H,18,19). The zero-order chi connectivity index (χ0) is 15.8. The summed E-state index contributed by atoms with van der Waals surface area (Å²) in [4.78, 5) is 7.48. The van der Waals surface area contributed by atoms with Gasteiger partial charge in [-0.1, -0.05) is 12.1 Å². The van der Waals surface area contributed by atoms with Gasteiger partial charge >= 0.3 is 0 Å². The maximum absolute atomic E-state index is 4.41. The van der Waals surface area contributed by atoms with Crippen LogP contribution in [-0.2, 0) is 20.5 Å². The predicted molar refractivity (Wildman–Crippen MR) is 88.1 cm³/mol. The Kier molecular flexibility index (Phi) is 3.22. The minimum absolute atomic E-state index is 0.181. The molecule has 0 spiro atoms. The van der Waals surface area contributed by atoms with E-state index in [1.54, 1.807) is 6.33 Å². The summed E-state index contributed by atoms with van der Waals surface area (Å²) >= 11 is 0. The zero-order valence-electron chi connectivity index (χ0n) is 13.1. The lowest BCUT2D eigenvalue weighted by molar-refractivity contribution is 0.669. The lowest BCUT2D eigenvalue weighted by Crippen LogP contribution is -2.09. The average Bonchev–Trinajstić information content (AvgIpc) is 3.28. The number of hydrogen-bond donors (Lipinski definition) is 1. The molecule has 3 aromatic heterocycles. The van der Waals surface area contributed by atoms with E-state index in [-0.39, 0.29) is 5.92 Å². The van der Waals surface area contributed by atoms with Gasteiger partial charge in [0, 0.05) is 55.6 Å². The molecule has 0 saturated carbocycles. The van der Waals surface area contributed by atoms with Crippen LogP contribution in [0.5, 0.6) is 0 Å². The van der Waals surface area contributed by atoms with Gasteiger partial charge in [-0.3, -0.25) is 9.36 Å². The molecular formula is C17H18N6. The molecule has 0 amide bonds. The van der Waals surface area contributed by atoms with Gasteiger partial charge in [0.15, 0.2) is 0 Å². The molecule has 6 nitrogen and oxygen atoms in total. The Hall–Kier alpha value is -2.89. The molecule has 116 valence electrons. The third kappa shape index (κ3) is 2.32. The lowest BCUT2D eigenvalue weighted by atomic mass is 9.89. The van der Waals surface area contributed by atoms with Gasteiger partial charge in [0.2, 0.25) is 0 Å². The predicted octanol–water partition coefficient (Wildman–Crippen LogP) is 2.40. The van der Waals surface area contributed by atoms with Crippen LogP contribution in [0.25, 0.3) is 10.9 Å². The maximum Gasteiger partial charge on any atom is 0.0921 e. The molecule has 1 aromatic carbocycles. The largest absolute Gasteiger partial charge is 0.348 e. The number of hydrogen-bond acceptors (Lipinski definition) is 3. The number of nitrogens with one attached hydrogen (secondary N) is 1. The fourth-order valence-corrected chi connectivity index (χ4v) is 3.16. The molecule has 3 heterocycles. The van der Waals surface area contributed by atoms with Crippen molar-refractivity contribution in [3.8, 4) is 0 Å². The normalized spacial score (nSPS) is 12.8. The topological polar surface area (TPSA) is 64.3 Å². The number of fused-ring (bicyclic) bond motifs is 1. The minimum Gasteiger partial charge on any atom is -0.348 e. The number of rotatable bonds is 4. The Morgan fingerprint density at radius 2 is 2.00 bits per heavy atom. The van der Waals surface area contributed by atoms with Crippen LogP contribution in [0.15, 0.2) is 49.2 Å². The van der Waals surface area contributed by atoms with Crippen molar-refractivity contribution in [2.75, 3.05) is 0 Å². The third-order valence-electron chi connectivity index (χ3n) is 4.43.